The lowest BCUT2D eigenvalue weighted by atomic mass is 10.1. The fourth-order valence-corrected chi connectivity index (χ4v) is 3.23. The van der Waals surface area contributed by atoms with Gasteiger partial charge in [-0.2, -0.15) is 5.26 Å². The third-order valence-corrected chi connectivity index (χ3v) is 4.68. The minimum atomic E-state index is -0.308. The molecule has 1 N–H and O–H groups in total. The Kier molecular flexibility index (Phi) is 6.08. The van der Waals surface area contributed by atoms with Crippen molar-refractivity contribution in [3.63, 3.8) is 0 Å². The summed E-state index contributed by atoms with van der Waals surface area (Å²) >= 11 is 0. The highest BCUT2D eigenvalue weighted by molar-refractivity contribution is 5.85. The van der Waals surface area contributed by atoms with Gasteiger partial charge in [0.25, 0.3) is 0 Å². The number of ether oxygens (including phenoxy) is 2. The summed E-state index contributed by atoms with van der Waals surface area (Å²) in [6, 6.07) is 8.74. The van der Waals surface area contributed by atoms with E-state index in [0.29, 0.717) is 43.9 Å². The third-order valence-electron chi connectivity index (χ3n) is 4.68. The van der Waals surface area contributed by atoms with Gasteiger partial charge in [-0.3, -0.25) is 9.59 Å². The second-order valence-electron chi connectivity index (χ2n) is 6.60. The van der Waals surface area contributed by atoms with E-state index in [-0.39, 0.29) is 30.5 Å². The molecule has 2 aliphatic heterocycles. The van der Waals surface area contributed by atoms with Crippen molar-refractivity contribution in [3.05, 3.63) is 29.8 Å². The van der Waals surface area contributed by atoms with Crippen molar-refractivity contribution in [2.75, 3.05) is 26.3 Å². The summed E-state index contributed by atoms with van der Waals surface area (Å²) in [5, 5.41) is 11.8. The largest absolute Gasteiger partial charge is 0.486 e. The van der Waals surface area contributed by atoms with Gasteiger partial charge in [0.15, 0.2) is 0 Å². The first-order valence-electron chi connectivity index (χ1n) is 8.97. The Hall–Kier alpha value is -2.59. The molecule has 0 aromatic heterocycles. The van der Waals surface area contributed by atoms with E-state index in [1.54, 1.807) is 29.2 Å². The number of nitrogens with one attached hydrogen (secondary N) is 1. The topological polar surface area (TPSA) is 91.7 Å². The first kappa shape index (κ1) is 18.2. The van der Waals surface area contributed by atoms with E-state index < -0.39 is 0 Å². The molecule has 0 unspecified atom stereocenters. The molecule has 2 aliphatic rings. The lowest BCUT2D eigenvalue weighted by Gasteiger charge is -2.33. The van der Waals surface area contributed by atoms with Crippen molar-refractivity contribution >= 4 is 11.8 Å². The molecular formula is C19H23N3O4. The Labute approximate surface area is 152 Å². The van der Waals surface area contributed by atoms with E-state index in [1.807, 2.05) is 0 Å². The number of carbonyl (C=O) groups excluding carboxylic acids is 2. The molecule has 0 bridgehead atoms. The number of hydrogen-bond donors (Lipinski definition) is 1. The third kappa shape index (κ3) is 4.73. The minimum absolute atomic E-state index is 0.0451. The molecule has 26 heavy (non-hydrogen) atoms. The summed E-state index contributed by atoms with van der Waals surface area (Å²) in [5.74, 6) is 0.509. The molecule has 1 aromatic carbocycles. The quantitative estimate of drug-likeness (QED) is 0.856. The Balaban J connectivity index is 1.56. The number of hydrogen-bond acceptors (Lipinski definition) is 5. The standard InChI is InChI=1S/C19H23N3O4/c20-11-14-4-6-15(7-5-14)26-17-13-25-10-8-16(17)21-18(23)12-22-9-2-1-3-19(22)24/h4-7,16-17H,1-3,8-10,12-13H2,(H,21,23)/t16-,17-/m1/s1. The van der Waals surface area contributed by atoms with E-state index in [2.05, 4.69) is 11.4 Å². The first-order valence-corrected chi connectivity index (χ1v) is 8.97. The number of rotatable bonds is 5. The van der Waals surface area contributed by atoms with Gasteiger partial charge in [0, 0.05) is 19.6 Å². The van der Waals surface area contributed by atoms with Crippen LogP contribution in [-0.2, 0) is 14.3 Å². The Morgan fingerprint density at radius 1 is 1.35 bits per heavy atom. The summed E-state index contributed by atoms with van der Waals surface area (Å²) < 4.78 is 11.4. The van der Waals surface area contributed by atoms with Gasteiger partial charge in [0.2, 0.25) is 11.8 Å². The maximum Gasteiger partial charge on any atom is 0.239 e. The molecule has 0 radical (unpaired) electrons. The SMILES string of the molecule is N#Cc1ccc(O[C@@H]2COCC[C@H]2NC(=O)CN2CCCCC2=O)cc1. The average Bonchev–Trinajstić information content (AvgIpc) is 2.66. The summed E-state index contributed by atoms with van der Waals surface area (Å²) in [7, 11) is 0. The smallest absolute Gasteiger partial charge is 0.239 e. The van der Waals surface area contributed by atoms with Crippen LogP contribution >= 0.6 is 0 Å². The monoisotopic (exact) mass is 357 g/mol. The molecule has 0 spiro atoms. The molecule has 2 heterocycles. The molecule has 138 valence electrons. The zero-order chi connectivity index (χ0) is 18.4. The van der Waals surface area contributed by atoms with Crippen molar-refractivity contribution in [1.29, 1.82) is 5.26 Å². The predicted molar refractivity (Wildman–Crippen MR) is 93.4 cm³/mol. The normalized spacial score (nSPS) is 23.2. The van der Waals surface area contributed by atoms with E-state index in [4.69, 9.17) is 14.7 Å². The van der Waals surface area contributed by atoms with Crippen LogP contribution in [0.4, 0.5) is 0 Å². The number of piperidine rings is 1. The highest BCUT2D eigenvalue weighted by Crippen LogP contribution is 2.18. The van der Waals surface area contributed by atoms with Gasteiger partial charge in [0.05, 0.1) is 30.8 Å². The van der Waals surface area contributed by atoms with Crippen molar-refractivity contribution < 1.29 is 19.1 Å². The van der Waals surface area contributed by atoms with E-state index >= 15 is 0 Å². The molecule has 2 saturated heterocycles. The Morgan fingerprint density at radius 3 is 2.88 bits per heavy atom. The van der Waals surface area contributed by atoms with E-state index in [0.717, 1.165) is 12.8 Å². The second-order valence-corrected chi connectivity index (χ2v) is 6.60. The Bertz CT molecular complexity index is 683. The maximum absolute atomic E-state index is 12.4. The van der Waals surface area contributed by atoms with Crippen LogP contribution in [0.5, 0.6) is 5.75 Å². The molecule has 3 rings (SSSR count). The van der Waals surface area contributed by atoms with Gasteiger partial charge in [-0.05, 0) is 43.5 Å². The molecule has 2 fully saturated rings. The van der Waals surface area contributed by atoms with E-state index in [1.165, 1.54) is 0 Å². The first-order chi connectivity index (χ1) is 12.7. The fourth-order valence-electron chi connectivity index (χ4n) is 3.23. The number of amides is 2. The van der Waals surface area contributed by atoms with Gasteiger partial charge in [-0.1, -0.05) is 0 Å². The van der Waals surface area contributed by atoms with Crippen LogP contribution < -0.4 is 10.1 Å². The lowest BCUT2D eigenvalue weighted by molar-refractivity contribution is -0.138. The number of likely N-dealkylation sites (tertiary alicyclic amines) is 1. The molecule has 1 aromatic rings. The van der Waals surface area contributed by atoms with Crippen LogP contribution in [-0.4, -0.2) is 55.2 Å². The van der Waals surface area contributed by atoms with Crippen molar-refractivity contribution in [2.24, 2.45) is 0 Å². The number of carbonyl (C=O) groups is 2. The van der Waals surface area contributed by atoms with Crippen molar-refractivity contribution in [3.8, 4) is 11.8 Å². The van der Waals surface area contributed by atoms with Crippen molar-refractivity contribution in [2.45, 2.75) is 37.8 Å². The molecule has 2 amide bonds. The number of nitriles is 1. The van der Waals surface area contributed by atoms with Gasteiger partial charge in [-0.15, -0.1) is 0 Å². The highest BCUT2D eigenvalue weighted by Gasteiger charge is 2.30. The molecule has 7 nitrogen and oxygen atoms in total. The summed E-state index contributed by atoms with van der Waals surface area (Å²) in [6.07, 6.45) is 2.71. The van der Waals surface area contributed by atoms with Gasteiger partial charge in [0.1, 0.15) is 11.9 Å². The maximum atomic E-state index is 12.4. The number of benzene rings is 1. The van der Waals surface area contributed by atoms with Crippen LogP contribution in [0, 0.1) is 11.3 Å². The van der Waals surface area contributed by atoms with Crippen LogP contribution in [0.1, 0.15) is 31.2 Å². The van der Waals surface area contributed by atoms with Gasteiger partial charge in [-0.25, -0.2) is 0 Å². The lowest BCUT2D eigenvalue weighted by Crippen LogP contribution is -2.54. The van der Waals surface area contributed by atoms with Crippen LogP contribution in [0.3, 0.4) is 0 Å². The summed E-state index contributed by atoms with van der Waals surface area (Å²) in [5.41, 5.74) is 0.563. The second kappa shape index (κ2) is 8.68. The Morgan fingerprint density at radius 2 is 2.15 bits per heavy atom. The fraction of sp³-hybridized carbons (Fsp3) is 0.526. The highest BCUT2D eigenvalue weighted by atomic mass is 16.5. The molecule has 7 heteroatoms. The zero-order valence-electron chi connectivity index (χ0n) is 14.6. The van der Waals surface area contributed by atoms with Crippen LogP contribution in [0.25, 0.3) is 0 Å². The minimum Gasteiger partial charge on any atom is -0.486 e. The molecule has 0 saturated carbocycles. The molecule has 0 aliphatic carbocycles. The average molecular weight is 357 g/mol. The van der Waals surface area contributed by atoms with E-state index in [9.17, 15) is 9.59 Å². The number of nitrogens with zero attached hydrogens (tertiary/aromatic N) is 2. The predicted octanol–water partition coefficient (Wildman–Crippen LogP) is 1.22. The van der Waals surface area contributed by atoms with Crippen LogP contribution in [0.2, 0.25) is 0 Å². The summed E-state index contributed by atoms with van der Waals surface area (Å²) in [4.78, 5) is 25.8. The van der Waals surface area contributed by atoms with Gasteiger partial charge < -0.3 is 19.7 Å². The summed E-state index contributed by atoms with van der Waals surface area (Å²) in [6.45, 7) is 1.68. The zero-order valence-corrected chi connectivity index (χ0v) is 14.6. The van der Waals surface area contributed by atoms with Crippen LogP contribution in [0.15, 0.2) is 24.3 Å². The van der Waals surface area contributed by atoms with Gasteiger partial charge >= 0.3 is 0 Å². The molecule has 2 atom stereocenters. The van der Waals surface area contributed by atoms with Crippen molar-refractivity contribution in [1.82, 2.24) is 10.2 Å². The molecular weight excluding hydrogens is 334 g/mol.